The summed E-state index contributed by atoms with van der Waals surface area (Å²) in [6.45, 7) is 4.30. The van der Waals surface area contributed by atoms with E-state index in [1.54, 1.807) is 0 Å². The molecule has 2 saturated heterocycles. The third kappa shape index (κ3) is 1.77. The number of likely N-dealkylation sites (tertiary alicyclic amines) is 1. The first-order valence-corrected chi connectivity index (χ1v) is 5.34. The lowest BCUT2D eigenvalue weighted by Gasteiger charge is -2.19. The number of carbonyl (C=O) groups excluding carboxylic acids is 1. The molecule has 2 rings (SSSR count). The molecular formula is C10H18N2O2. The Kier molecular flexibility index (Phi) is 2.74. The highest BCUT2D eigenvalue weighted by Gasteiger charge is 2.34. The molecule has 2 unspecified atom stereocenters. The van der Waals surface area contributed by atoms with E-state index in [9.17, 15) is 4.79 Å². The van der Waals surface area contributed by atoms with Crippen LogP contribution in [0.3, 0.4) is 0 Å². The minimum Gasteiger partial charge on any atom is -0.368 e. The summed E-state index contributed by atoms with van der Waals surface area (Å²) in [6, 6.07) is 0.139. The number of carbonyl (C=O) groups is 1. The largest absolute Gasteiger partial charge is 0.368 e. The highest BCUT2D eigenvalue weighted by molar-refractivity contribution is 5.81. The normalized spacial score (nSPS) is 37.9. The second-order valence-electron chi connectivity index (χ2n) is 4.39. The van der Waals surface area contributed by atoms with Crippen LogP contribution in [-0.2, 0) is 9.53 Å². The molecule has 0 saturated carbocycles. The fraction of sp³-hybridized carbons (Fsp3) is 0.900. The Labute approximate surface area is 84.4 Å². The summed E-state index contributed by atoms with van der Waals surface area (Å²) in [4.78, 5) is 13.7. The van der Waals surface area contributed by atoms with Crippen molar-refractivity contribution in [3.05, 3.63) is 0 Å². The van der Waals surface area contributed by atoms with Crippen molar-refractivity contribution < 1.29 is 9.53 Å². The summed E-state index contributed by atoms with van der Waals surface area (Å²) in [5, 5.41) is 0. The minimum absolute atomic E-state index is 0.139. The van der Waals surface area contributed by atoms with Crippen LogP contribution < -0.4 is 5.73 Å². The van der Waals surface area contributed by atoms with Crippen LogP contribution in [0.4, 0.5) is 0 Å². The Bertz CT molecular complexity index is 216. The van der Waals surface area contributed by atoms with Crippen LogP contribution in [0.2, 0.25) is 0 Å². The van der Waals surface area contributed by atoms with Crippen molar-refractivity contribution in [2.75, 3.05) is 19.7 Å². The van der Waals surface area contributed by atoms with Crippen molar-refractivity contribution in [3.63, 3.8) is 0 Å². The van der Waals surface area contributed by atoms with Crippen molar-refractivity contribution in [1.82, 2.24) is 4.90 Å². The van der Waals surface area contributed by atoms with Gasteiger partial charge >= 0.3 is 0 Å². The van der Waals surface area contributed by atoms with Gasteiger partial charge in [0, 0.05) is 25.7 Å². The lowest BCUT2D eigenvalue weighted by Crippen LogP contribution is -2.38. The van der Waals surface area contributed by atoms with Gasteiger partial charge in [-0.15, -0.1) is 0 Å². The van der Waals surface area contributed by atoms with E-state index >= 15 is 0 Å². The SMILES string of the molecule is CC1CN(C(=O)[C@H]2CCCO2)CC1N. The summed E-state index contributed by atoms with van der Waals surface area (Å²) in [7, 11) is 0. The van der Waals surface area contributed by atoms with E-state index in [1.807, 2.05) is 4.90 Å². The standard InChI is InChI=1S/C10H18N2O2/c1-7-5-12(6-8(7)11)10(13)9-3-2-4-14-9/h7-9H,2-6,11H2,1H3/t7?,8?,9-/m1/s1. The molecule has 0 radical (unpaired) electrons. The number of rotatable bonds is 1. The van der Waals surface area contributed by atoms with E-state index in [0.29, 0.717) is 12.5 Å². The third-order valence-electron chi connectivity index (χ3n) is 3.19. The zero-order chi connectivity index (χ0) is 10.1. The molecular weight excluding hydrogens is 180 g/mol. The van der Waals surface area contributed by atoms with Crippen LogP contribution in [0.15, 0.2) is 0 Å². The van der Waals surface area contributed by atoms with Gasteiger partial charge in [0.1, 0.15) is 6.10 Å². The zero-order valence-electron chi connectivity index (χ0n) is 8.61. The van der Waals surface area contributed by atoms with E-state index in [-0.39, 0.29) is 18.1 Å². The molecule has 2 heterocycles. The molecule has 4 heteroatoms. The molecule has 3 atom stereocenters. The molecule has 2 fully saturated rings. The first-order chi connectivity index (χ1) is 6.68. The number of nitrogens with zero attached hydrogens (tertiary/aromatic N) is 1. The maximum Gasteiger partial charge on any atom is 0.251 e. The lowest BCUT2D eigenvalue weighted by atomic mass is 10.1. The Morgan fingerprint density at radius 3 is 2.79 bits per heavy atom. The number of hydrogen-bond donors (Lipinski definition) is 1. The molecule has 0 spiro atoms. The highest BCUT2D eigenvalue weighted by Crippen LogP contribution is 2.20. The van der Waals surface area contributed by atoms with E-state index < -0.39 is 0 Å². The van der Waals surface area contributed by atoms with E-state index in [4.69, 9.17) is 10.5 Å². The fourth-order valence-corrected chi connectivity index (χ4v) is 2.15. The first-order valence-electron chi connectivity index (χ1n) is 5.34. The number of nitrogens with two attached hydrogens (primary N) is 1. The Hall–Kier alpha value is -0.610. The minimum atomic E-state index is -0.188. The van der Waals surface area contributed by atoms with Gasteiger partial charge in [-0.1, -0.05) is 6.92 Å². The third-order valence-corrected chi connectivity index (χ3v) is 3.19. The Balaban J connectivity index is 1.92. The quantitative estimate of drug-likeness (QED) is 0.644. The molecule has 80 valence electrons. The van der Waals surface area contributed by atoms with Gasteiger partial charge in [-0.2, -0.15) is 0 Å². The van der Waals surface area contributed by atoms with Crippen molar-refractivity contribution in [3.8, 4) is 0 Å². The summed E-state index contributed by atoms with van der Waals surface area (Å²) in [6.07, 6.45) is 1.69. The van der Waals surface area contributed by atoms with Crippen LogP contribution in [0.1, 0.15) is 19.8 Å². The molecule has 2 aliphatic rings. The maximum atomic E-state index is 11.9. The van der Waals surface area contributed by atoms with E-state index in [0.717, 1.165) is 26.0 Å². The molecule has 0 aliphatic carbocycles. The zero-order valence-corrected chi connectivity index (χ0v) is 8.61. The lowest BCUT2D eigenvalue weighted by molar-refractivity contribution is -0.139. The van der Waals surface area contributed by atoms with Gasteiger partial charge in [0.25, 0.3) is 5.91 Å². The van der Waals surface area contributed by atoms with Gasteiger partial charge in [-0.3, -0.25) is 4.79 Å². The molecule has 2 aliphatic heterocycles. The predicted octanol–water partition coefficient (Wildman–Crippen LogP) is -0.0290. The molecule has 4 nitrogen and oxygen atoms in total. The molecule has 14 heavy (non-hydrogen) atoms. The number of ether oxygens (including phenoxy) is 1. The monoisotopic (exact) mass is 198 g/mol. The molecule has 1 amide bonds. The van der Waals surface area contributed by atoms with Crippen molar-refractivity contribution in [2.24, 2.45) is 11.7 Å². The highest BCUT2D eigenvalue weighted by atomic mass is 16.5. The molecule has 0 aromatic carbocycles. The van der Waals surface area contributed by atoms with Crippen molar-refractivity contribution in [2.45, 2.75) is 31.9 Å². The van der Waals surface area contributed by atoms with Gasteiger partial charge < -0.3 is 15.4 Å². The maximum absolute atomic E-state index is 11.9. The first kappa shape index (κ1) is 9.93. The topological polar surface area (TPSA) is 55.6 Å². The molecule has 0 aromatic rings. The smallest absolute Gasteiger partial charge is 0.251 e. The average molecular weight is 198 g/mol. The fourth-order valence-electron chi connectivity index (χ4n) is 2.15. The van der Waals surface area contributed by atoms with Crippen molar-refractivity contribution >= 4 is 5.91 Å². The van der Waals surface area contributed by atoms with Crippen LogP contribution >= 0.6 is 0 Å². The summed E-state index contributed by atoms with van der Waals surface area (Å²) in [5.74, 6) is 0.558. The Morgan fingerprint density at radius 2 is 2.29 bits per heavy atom. The molecule has 0 aromatic heterocycles. The predicted molar refractivity (Wildman–Crippen MR) is 52.7 cm³/mol. The van der Waals surface area contributed by atoms with Gasteiger partial charge in [-0.25, -0.2) is 0 Å². The molecule has 0 bridgehead atoms. The van der Waals surface area contributed by atoms with Crippen molar-refractivity contribution in [1.29, 1.82) is 0 Å². The van der Waals surface area contributed by atoms with Gasteiger partial charge in [0.05, 0.1) is 0 Å². The second kappa shape index (κ2) is 3.87. The van der Waals surface area contributed by atoms with Gasteiger partial charge in [-0.05, 0) is 18.8 Å². The number of amides is 1. The molecule has 2 N–H and O–H groups in total. The van der Waals surface area contributed by atoms with Crippen LogP contribution in [0.25, 0.3) is 0 Å². The van der Waals surface area contributed by atoms with E-state index in [2.05, 4.69) is 6.92 Å². The average Bonchev–Trinajstić information content (AvgIpc) is 2.76. The summed E-state index contributed by atoms with van der Waals surface area (Å²) in [5.41, 5.74) is 5.87. The number of hydrogen-bond acceptors (Lipinski definition) is 3. The van der Waals surface area contributed by atoms with Crippen LogP contribution in [0.5, 0.6) is 0 Å². The van der Waals surface area contributed by atoms with Gasteiger partial charge in [0.15, 0.2) is 0 Å². The summed E-state index contributed by atoms with van der Waals surface area (Å²) >= 11 is 0. The van der Waals surface area contributed by atoms with Crippen LogP contribution in [0, 0.1) is 5.92 Å². The van der Waals surface area contributed by atoms with Crippen LogP contribution in [-0.4, -0.2) is 42.6 Å². The second-order valence-corrected chi connectivity index (χ2v) is 4.39. The van der Waals surface area contributed by atoms with E-state index in [1.165, 1.54) is 0 Å². The Morgan fingerprint density at radius 1 is 1.50 bits per heavy atom. The summed E-state index contributed by atoms with van der Waals surface area (Å²) < 4.78 is 5.37. The van der Waals surface area contributed by atoms with Gasteiger partial charge in [0.2, 0.25) is 0 Å².